The molecule has 1 aliphatic heterocycles. The predicted octanol–water partition coefficient (Wildman–Crippen LogP) is 1.86. The second-order valence-corrected chi connectivity index (χ2v) is 4.61. The molecule has 1 aromatic carbocycles. The van der Waals surface area contributed by atoms with Crippen LogP contribution in [0.15, 0.2) is 24.4 Å². The molecule has 1 atom stereocenters. The predicted molar refractivity (Wildman–Crippen MR) is 72.1 cm³/mol. The summed E-state index contributed by atoms with van der Waals surface area (Å²) >= 11 is 0. The van der Waals surface area contributed by atoms with Crippen molar-refractivity contribution in [3.8, 4) is 0 Å². The summed E-state index contributed by atoms with van der Waals surface area (Å²) in [7, 11) is 0. The van der Waals surface area contributed by atoms with Crippen molar-refractivity contribution in [1.82, 2.24) is 15.5 Å². The quantitative estimate of drug-likeness (QED) is 0.788. The molecule has 2 amide bonds. The van der Waals surface area contributed by atoms with Gasteiger partial charge in [-0.25, -0.2) is 4.79 Å². The molecule has 100 valence electrons. The maximum absolute atomic E-state index is 11.8. The minimum absolute atomic E-state index is 0.149. The molecule has 3 N–H and O–H groups in total. The first-order valence-electron chi connectivity index (χ1n) is 6.41. The Morgan fingerprint density at radius 2 is 2.47 bits per heavy atom. The minimum atomic E-state index is -0.218. The van der Waals surface area contributed by atoms with Crippen molar-refractivity contribution in [2.24, 2.45) is 0 Å². The lowest BCUT2D eigenvalue weighted by atomic mass is 10.2. The number of H-pyrrole nitrogens is 1. The number of rotatable bonds is 3. The van der Waals surface area contributed by atoms with Crippen LogP contribution in [-0.2, 0) is 4.74 Å². The number of nitrogens with one attached hydrogen (secondary N) is 3. The number of nitrogens with zero attached hydrogens (tertiary/aromatic N) is 1. The number of hydrogen-bond acceptors (Lipinski definition) is 3. The average Bonchev–Trinajstić information content (AvgIpc) is 3.08. The van der Waals surface area contributed by atoms with Crippen molar-refractivity contribution in [3.05, 3.63) is 24.4 Å². The van der Waals surface area contributed by atoms with Crippen LogP contribution in [-0.4, -0.2) is 35.5 Å². The van der Waals surface area contributed by atoms with Crippen molar-refractivity contribution >= 4 is 22.6 Å². The number of hydrogen-bond donors (Lipinski definition) is 3. The topological polar surface area (TPSA) is 79.0 Å². The van der Waals surface area contributed by atoms with E-state index in [1.165, 1.54) is 0 Å². The van der Waals surface area contributed by atoms with Crippen molar-refractivity contribution in [3.63, 3.8) is 0 Å². The molecule has 19 heavy (non-hydrogen) atoms. The van der Waals surface area contributed by atoms with Gasteiger partial charge < -0.3 is 15.4 Å². The third-order valence-electron chi connectivity index (χ3n) is 3.25. The van der Waals surface area contributed by atoms with Crippen molar-refractivity contribution in [2.45, 2.75) is 18.9 Å². The first kappa shape index (κ1) is 12.0. The van der Waals surface area contributed by atoms with Crippen LogP contribution in [0.1, 0.15) is 12.8 Å². The van der Waals surface area contributed by atoms with E-state index in [9.17, 15) is 4.79 Å². The van der Waals surface area contributed by atoms with Gasteiger partial charge >= 0.3 is 6.03 Å². The lowest BCUT2D eigenvalue weighted by molar-refractivity contribution is 0.112. The van der Waals surface area contributed by atoms with Crippen LogP contribution in [0.4, 0.5) is 10.5 Å². The third-order valence-corrected chi connectivity index (χ3v) is 3.25. The number of aromatic nitrogens is 2. The Labute approximate surface area is 110 Å². The Balaban J connectivity index is 1.60. The summed E-state index contributed by atoms with van der Waals surface area (Å²) in [4.78, 5) is 11.8. The van der Waals surface area contributed by atoms with Crippen LogP contribution in [0.5, 0.6) is 0 Å². The molecule has 0 spiro atoms. The second kappa shape index (κ2) is 5.27. The zero-order valence-electron chi connectivity index (χ0n) is 10.5. The van der Waals surface area contributed by atoms with Crippen molar-refractivity contribution in [2.75, 3.05) is 18.5 Å². The van der Waals surface area contributed by atoms with E-state index in [0.717, 1.165) is 36.0 Å². The summed E-state index contributed by atoms with van der Waals surface area (Å²) in [6.07, 6.45) is 3.93. The van der Waals surface area contributed by atoms with Gasteiger partial charge in [-0.15, -0.1) is 0 Å². The fourth-order valence-corrected chi connectivity index (χ4v) is 2.26. The number of carbonyl (C=O) groups is 1. The van der Waals surface area contributed by atoms with E-state index >= 15 is 0 Å². The molecule has 6 heteroatoms. The Kier molecular flexibility index (Phi) is 3.33. The summed E-state index contributed by atoms with van der Waals surface area (Å²) in [5.74, 6) is 0. The summed E-state index contributed by atoms with van der Waals surface area (Å²) in [5, 5.41) is 13.4. The molecule has 2 aromatic rings. The molecule has 1 unspecified atom stereocenters. The SMILES string of the molecule is O=C(NCC1CCCO1)Nc1cccc2[nH]ncc12. The molecular formula is C13H16N4O2. The van der Waals surface area contributed by atoms with Crippen molar-refractivity contribution < 1.29 is 9.53 Å². The van der Waals surface area contributed by atoms with Gasteiger partial charge in [0, 0.05) is 18.5 Å². The molecule has 1 saturated heterocycles. The largest absolute Gasteiger partial charge is 0.376 e. The number of benzene rings is 1. The van der Waals surface area contributed by atoms with Crippen molar-refractivity contribution in [1.29, 1.82) is 0 Å². The van der Waals surface area contributed by atoms with Crippen LogP contribution in [0.3, 0.4) is 0 Å². The third kappa shape index (κ3) is 2.68. The van der Waals surface area contributed by atoms with E-state index in [2.05, 4.69) is 20.8 Å². The molecule has 1 aromatic heterocycles. The molecule has 2 heterocycles. The number of aromatic amines is 1. The van der Waals surface area contributed by atoms with E-state index in [0.29, 0.717) is 6.54 Å². The Hall–Kier alpha value is -2.08. The highest BCUT2D eigenvalue weighted by molar-refractivity contribution is 6.00. The second-order valence-electron chi connectivity index (χ2n) is 4.61. The molecule has 0 saturated carbocycles. The number of anilines is 1. The van der Waals surface area contributed by atoms with E-state index in [4.69, 9.17) is 4.74 Å². The number of fused-ring (bicyclic) bond motifs is 1. The van der Waals surface area contributed by atoms with Gasteiger partial charge in [-0.2, -0.15) is 5.10 Å². The first-order chi connectivity index (χ1) is 9.33. The van der Waals surface area contributed by atoms with Gasteiger partial charge in [-0.1, -0.05) is 6.07 Å². The highest BCUT2D eigenvalue weighted by Crippen LogP contribution is 2.20. The number of urea groups is 1. The summed E-state index contributed by atoms with van der Waals surface area (Å²) in [5.41, 5.74) is 1.65. The zero-order chi connectivity index (χ0) is 13.1. The standard InChI is InChI=1S/C13H16N4O2/c18-13(14-7-9-3-2-6-19-9)16-11-4-1-5-12-10(11)8-15-17-12/h1,4-5,8-9H,2-3,6-7H2,(H,15,17)(H2,14,16,18). The van der Waals surface area contributed by atoms with Crippen LogP contribution >= 0.6 is 0 Å². The fraction of sp³-hybridized carbons (Fsp3) is 0.385. The number of amides is 2. The van der Waals surface area contributed by atoms with Gasteiger partial charge in [0.1, 0.15) is 0 Å². The Bertz CT molecular complexity index is 575. The van der Waals surface area contributed by atoms with E-state index < -0.39 is 0 Å². The van der Waals surface area contributed by atoms with Crippen LogP contribution in [0.2, 0.25) is 0 Å². The molecule has 0 aliphatic carbocycles. The van der Waals surface area contributed by atoms with Gasteiger partial charge in [0.25, 0.3) is 0 Å². The molecule has 0 radical (unpaired) electrons. The molecule has 0 bridgehead atoms. The van der Waals surface area contributed by atoms with Gasteiger partial charge in [0.05, 0.1) is 23.5 Å². The lowest BCUT2D eigenvalue weighted by Gasteiger charge is -2.12. The monoisotopic (exact) mass is 260 g/mol. The van der Waals surface area contributed by atoms with E-state index in [-0.39, 0.29) is 12.1 Å². The number of carbonyl (C=O) groups excluding carboxylic acids is 1. The molecule has 6 nitrogen and oxygen atoms in total. The van der Waals surface area contributed by atoms with Gasteiger partial charge in [-0.05, 0) is 25.0 Å². The van der Waals surface area contributed by atoms with E-state index in [1.54, 1.807) is 6.20 Å². The fourth-order valence-electron chi connectivity index (χ4n) is 2.26. The van der Waals surface area contributed by atoms with Gasteiger partial charge in [-0.3, -0.25) is 5.10 Å². The van der Waals surface area contributed by atoms with Gasteiger partial charge in [0.2, 0.25) is 0 Å². The first-order valence-corrected chi connectivity index (χ1v) is 6.41. The number of ether oxygens (including phenoxy) is 1. The maximum atomic E-state index is 11.8. The Morgan fingerprint density at radius 1 is 1.53 bits per heavy atom. The molecular weight excluding hydrogens is 244 g/mol. The van der Waals surface area contributed by atoms with Crippen LogP contribution < -0.4 is 10.6 Å². The minimum Gasteiger partial charge on any atom is -0.376 e. The molecule has 1 aliphatic rings. The van der Waals surface area contributed by atoms with Crippen LogP contribution in [0, 0.1) is 0 Å². The summed E-state index contributed by atoms with van der Waals surface area (Å²) in [6, 6.07) is 5.42. The molecule has 1 fully saturated rings. The zero-order valence-corrected chi connectivity index (χ0v) is 10.5. The van der Waals surface area contributed by atoms with E-state index in [1.807, 2.05) is 18.2 Å². The highest BCUT2D eigenvalue weighted by Gasteiger charge is 2.16. The smallest absolute Gasteiger partial charge is 0.319 e. The lowest BCUT2D eigenvalue weighted by Crippen LogP contribution is -2.35. The Morgan fingerprint density at radius 3 is 3.32 bits per heavy atom. The summed E-state index contributed by atoms with van der Waals surface area (Å²) in [6.45, 7) is 1.34. The van der Waals surface area contributed by atoms with Crippen LogP contribution in [0.25, 0.3) is 10.9 Å². The maximum Gasteiger partial charge on any atom is 0.319 e. The normalized spacial score (nSPS) is 18.6. The van der Waals surface area contributed by atoms with Gasteiger partial charge in [0.15, 0.2) is 0 Å². The molecule has 3 rings (SSSR count). The average molecular weight is 260 g/mol. The highest BCUT2D eigenvalue weighted by atomic mass is 16.5. The summed E-state index contributed by atoms with van der Waals surface area (Å²) < 4.78 is 5.45.